The molecule has 0 bridgehead atoms. The number of anilines is 1. The highest BCUT2D eigenvalue weighted by atomic mass is 35.5. The minimum Gasteiger partial charge on any atom is -0.496 e. The first kappa shape index (κ1) is 16.2. The summed E-state index contributed by atoms with van der Waals surface area (Å²) in [6.45, 7) is 0.590. The van der Waals surface area contributed by atoms with Crippen LogP contribution in [-0.2, 0) is 6.42 Å². The molecule has 0 saturated carbocycles. The van der Waals surface area contributed by atoms with E-state index in [2.05, 4.69) is 5.32 Å². The van der Waals surface area contributed by atoms with Gasteiger partial charge in [-0.3, -0.25) is 0 Å². The fourth-order valence-electron chi connectivity index (χ4n) is 2.08. The van der Waals surface area contributed by atoms with Crippen LogP contribution in [0.4, 0.5) is 10.5 Å². The van der Waals surface area contributed by atoms with Gasteiger partial charge in [0.1, 0.15) is 5.75 Å². The number of nitrogens with zero attached hydrogens (tertiary/aromatic N) is 1. The second-order valence-electron chi connectivity index (χ2n) is 4.92. The average molecular weight is 319 g/mol. The van der Waals surface area contributed by atoms with Crippen molar-refractivity contribution in [3.63, 3.8) is 0 Å². The van der Waals surface area contributed by atoms with Crippen molar-refractivity contribution >= 4 is 23.3 Å². The van der Waals surface area contributed by atoms with Crippen LogP contribution < -0.4 is 10.1 Å². The minimum absolute atomic E-state index is 0.169. The zero-order valence-corrected chi connectivity index (χ0v) is 13.4. The second kappa shape index (κ2) is 7.71. The van der Waals surface area contributed by atoms with Crippen LogP contribution in [0.5, 0.6) is 5.75 Å². The van der Waals surface area contributed by atoms with Gasteiger partial charge in [-0.25, -0.2) is 4.79 Å². The van der Waals surface area contributed by atoms with E-state index in [0.717, 1.165) is 17.7 Å². The fraction of sp³-hybridized carbons (Fsp3) is 0.235. The third kappa shape index (κ3) is 4.40. The van der Waals surface area contributed by atoms with Crippen molar-refractivity contribution in [1.29, 1.82) is 0 Å². The van der Waals surface area contributed by atoms with E-state index in [0.29, 0.717) is 17.3 Å². The molecule has 2 rings (SSSR count). The molecule has 2 amide bonds. The van der Waals surface area contributed by atoms with E-state index in [9.17, 15) is 4.79 Å². The number of carbonyl (C=O) groups is 1. The first-order valence-corrected chi connectivity index (χ1v) is 7.37. The maximum Gasteiger partial charge on any atom is 0.321 e. The van der Waals surface area contributed by atoms with Gasteiger partial charge >= 0.3 is 6.03 Å². The number of methoxy groups -OCH3 is 1. The van der Waals surface area contributed by atoms with Crippen LogP contribution in [-0.4, -0.2) is 31.6 Å². The van der Waals surface area contributed by atoms with Crippen molar-refractivity contribution in [2.24, 2.45) is 0 Å². The van der Waals surface area contributed by atoms with E-state index in [4.69, 9.17) is 16.3 Å². The van der Waals surface area contributed by atoms with Gasteiger partial charge < -0.3 is 15.0 Å². The SMILES string of the molecule is COc1ccccc1CCN(C)C(=O)Nc1cccc(Cl)c1. The molecule has 0 atom stereocenters. The van der Waals surface area contributed by atoms with Gasteiger partial charge in [-0.05, 0) is 36.2 Å². The summed E-state index contributed by atoms with van der Waals surface area (Å²) >= 11 is 5.90. The fourth-order valence-corrected chi connectivity index (χ4v) is 2.27. The number of likely N-dealkylation sites (N-methyl/N-ethyl adjacent to an activating group) is 1. The summed E-state index contributed by atoms with van der Waals surface area (Å²) in [5.41, 5.74) is 1.76. The highest BCUT2D eigenvalue weighted by Crippen LogP contribution is 2.18. The Bertz CT molecular complexity index is 646. The predicted octanol–water partition coefficient (Wildman–Crippen LogP) is 4.06. The number of ether oxygens (including phenoxy) is 1. The largest absolute Gasteiger partial charge is 0.496 e. The number of hydrogen-bond donors (Lipinski definition) is 1. The van der Waals surface area contributed by atoms with Crippen molar-refractivity contribution in [2.75, 3.05) is 26.0 Å². The number of hydrogen-bond acceptors (Lipinski definition) is 2. The molecule has 0 heterocycles. The highest BCUT2D eigenvalue weighted by molar-refractivity contribution is 6.30. The molecule has 4 nitrogen and oxygen atoms in total. The number of halogens is 1. The van der Waals surface area contributed by atoms with Crippen LogP contribution in [0.2, 0.25) is 5.02 Å². The summed E-state index contributed by atoms with van der Waals surface area (Å²) < 4.78 is 5.31. The molecule has 0 aliphatic carbocycles. The quantitative estimate of drug-likeness (QED) is 0.903. The Morgan fingerprint density at radius 1 is 1.23 bits per heavy atom. The maximum absolute atomic E-state index is 12.1. The number of rotatable bonds is 5. The maximum atomic E-state index is 12.1. The Balaban J connectivity index is 1.91. The molecule has 0 aliphatic rings. The second-order valence-corrected chi connectivity index (χ2v) is 5.36. The Morgan fingerprint density at radius 2 is 2.00 bits per heavy atom. The third-order valence-corrected chi connectivity index (χ3v) is 3.57. The lowest BCUT2D eigenvalue weighted by molar-refractivity contribution is 0.223. The zero-order valence-electron chi connectivity index (χ0n) is 12.7. The van der Waals surface area contributed by atoms with Gasteiger partial charge in [0, 0.05) is 24.3 Å². The molecule has 0 saturated heterocycles. The molecule has 0 unspecified atom stereocenters. The number of amides is 2. The lowest BCUT2D eigenvalue weighted by Gasteiger charge is -2.18. The summed E-state index contributed by atoms with van der Waals surface area (Å²) in [7, 11) is 3.41. The van der Waals surface area contributed by atoms with E-state index < -0.39 is 0 Å². The number of para-hydroxylation sites is 1. The highest BCUT2D eigenvalue weighted by Gasteiger charge is 2.10. The molecule has 0 fully saturated rings. The molecule has 2 aromatic rings. The smallest absolute Gasteiger partial charge is 0.321 e. The van der Waals surface area contributed by atoms with Crippen molar-refractivity contribution in [1.82, 2.24) is 4.90 Å². The van der Waals surface area contributed by atoms with E-state index in [1.54, 1.807) is 43.3 Å². The number of nitrogens with one attached hydrogen (secondary N) is 1. The van der Waals surface area contributed by atoms with Gasteiger partial charge in [0.2, 0.25) is 0 Å². The van der Waals surface area contributed by atoms with Crippen molar-refractivity contribution in [3.8, 4) is 5.75 Å². The molecule has 0 aliphatic heterocycles. The summed E-state index contributed by atoms with van der Waals surface area (Å²) in [6, 6.07) is 14.7. The van der Waals surface area contributed by atoms with Gasteiger partial charge in [0.15, 0.2) is 0 Å². The van der Waals surface area contributed by atoms with E-state index in [1.807, 2.05) is 24.3 Å². The van der Waals surface area contributed by atoms with E-state index in [-0.39, 0.29) is 6.03 Å². The molecule has 116 valence electrons. The van der Waals surface area contributed by atoms with Crippen LogP contribution in [0.1, 0.15) is 5.56 Å². The molecule has 0 radical (unpaired) electrons. The van der Waals surface area contributed by atoms with Gasteiger partial charge in [-0.2, -0.15) is 0 Å². The van der Waals surface area contributed by atoms with Gasteiger partial charge in [-0.15, -0.1) is 0 Å². The minimum atomic E-state index is -0.169. The molecule has 1 N–H and O–H groups in total. The first-order chi connectivity index (χ1) is 10.6. The predicted molar refractivity (Wildman–Crippen MR) is 89.8 cm³/mol. The van der Waals surface area contributed by atoms with Crippen molar-refractivity contribution < 1.29 is 9.53 Å². The van der Waals surface area contributed by atoms with Crippen LogP contribution >= 0.6 is 11.6 Å². The Labute approximate surface area is 135 Å². The third-order valence-electron chi connectivity index (χ3n) is 3.33. The Morgan fingerprint density at radius 3 is 2.73 bits per heavy atom. The van der Waals surface area contributed by atoms with Gasteiger partial charge in [-0.1, -0.05) is 35.9 Å². The first-order valence-electron chi connectivity index (χ1n) is 6.99. The zero-order chi connectivity index (χ0) is 15.9. The Kier molecular flexibility index (Phi) is 5.67. The Hall–Kier alpha value is -2.20. The number of carbonyl (C=O) groups excluding carboxylic acids is 1. The average Bonchev–Trinajstić information content (AvgIpc) is 2.52. The van der Waals surface area contributed by atoms with E-state index in [1.165, 1.54) is 0 Å². The standard InChI is InChI=1S/C17H19ClN2O2/c1-20(11-10-13-6-3-4-9-16(13)22-2)17(21)19-15-8-5-7-14(18)12-15/h3-9,12H,10-11H2,1-2H3,(H,19,21). The summed E-state index contributed by atoms with van der Waals surface area (Å²) in [6.07, 6.45) is 0.726. The van der Waals surface area contributed by atoms with Crippen LogP contribution in [0.25, 0.3) is 0 Å². The topological polar surface area (TPSA) is 41.6 Å². The number of benzene rings is 2. The van der Waals surface area contributed by atoms with Crippen molar-refractivity contribution in [2.45, 2.75) is 6.42 Å². The number of urea groups is 1. The molecular weight excluding hydrogens is 300 g/mol. The summed E-state index contributed by atoms with van der Waals surface area (Å²) in [4.78, 5) is 13.8. The molecule has 0 aromatic heterocycles. The molecule has 0 spiro atoms. The molecular formula is C17H19ClN2O2. The van der Waals surface area contributed by atoms with Gasteiger partial charge in [0.25, 0.3) is 0 Å². The van der Waals surface area contributed by atoms with Crippen molar-refractivity contribution in [3.05, 3.63) is 59.1 Å². The molecule has 5 heteroatoms. The lowest BCUT2D eigenvalue weighted by Crippen LogP contribution is -2.33. The van der Waals surface area contributed by atoms with Crippen LogP contribution in [0, 0.1) is 0 Å². The van der Waals surface area contributed by atoms with Gasteiger partial charge in [0.05, 0.1) is 7.11 Å². The molecule has 2 aromatic carbocycles. The summed E-state index contributed by atoms with van der Waals surface area (Å²) in [5.74, 6) is 0.839. The normalized spacial score (nSPS) is 10.1. The molecule has 22 heavy (non-hydrogen) atoms. The lowest BCUT2D eigenvalue weighted by atomic mass is 10.1. The summed E-state index contributed by atoms with van der Waals surface area (Å²) in [5, 5.41) is 3.41. The van der Waals surface area contributed by atoms with Crippen LogP contribution in [0.3, 0.4) is 0 Å². The van der Waals surface area contributed by atoms with Crippen LogP contribution in [0.15, 0.2) is 48.5 Å². The van der Waals surface area contributed by atoms with E-state index >= 15 is 0 Å². The monoisotopic (exact) mass is 318 g/mol.